The van der Waals surface area contributed by atoms with E-state index in [1.54, 1.807) is 0 Å². The van der Waals surface area contributed by atoms with E-state index in [0.717, 1.165) is 5.56 Å². The van der Waals surface area contributed by atoms with Gasteiger partial charge in [0.25, 0.3) is 0 Å². The highest BCUT2D eigenvalue weighted by Crippen LogP contribution is 2.07. The highest BCUT2D eigenvalue weighted by Gasteiger charge is 2.08. The number of hydrogen-bond donors (Lipinski definition) is 1. The molecule has 1 aromatic carbocycles. The van der Waals surface area contributed by atoms with Crippen LogP contribution in [-0.2, 0) is 6.42 Å². The van der Waals surface area contributed by atoms with Crippen LogP contribution in [0.1, 0.15) is 5.56 Å². The Kier molecular flexibility index (Phi) is 3.24. The number of rotatable bonds is 3. The first-order valence-electron chi connectivity index (χ1n) is 4.05. The normalized spacial score (nSPS) is 11.7. The lowest BCUT2D eigenvalue weighted by Crippen LogP contribution is -2.11. The van der Waals surface area contributed by atoms with Crippen LogP contribution in [0.3, 0.4) is 0 Å². The molecule has 1 N–H and O–H groups in total. The van der Waals surface area contributed by atoms with Gasteiger partial charge in [0, 0.05) is 6.42 Å². The fourth-order valence-corrected chi connectivity index (χ4v) is 1.04. The molecule has 1 aromatic rings. The van der Waals surface area contributed by atoms with Gasteiger partial charge in [0.15, 0.2) is 0 Å². The van der Waals surface area contributed by atoms with E-state index in [1.165, 1.54) is 0 Å². The number of aliphatic hydroxyl groups excluding tert-OH is 1. The highest BCUT2D eigenvalue weighted by molar-refractivity contribution is 5.25. The van der Waals surface area contributed by atoms with Gasteiger partial charge in [-0.1, -0.05) is 36.9 Å². The van der Waals surface area contributed by atoms with E-state index in [0.29, 0.717) is 6.42 Å². The molecule has 0 spiro atoms. The fraction of sp³-hybridized carbons (Fsp3) is 0.182. The SMILES string of the molecule is C=C(C#N)C(O)Cc1ccccc1. The highest BCUT2D eigenvalue weighted by atomic mass is 16.3. The first-order valence-corrected chi connectivity index (χ1v) is 4.05. The Bertz CT molecular complexity index is 324. The number of nitriles is 1. The maximum atomic E-state index is 9.45. The number of aliphatic hydroxyl groups is 1. The average Bonchev–Trinajstić information content (AvgIpc) is 2.18. The summed E-state index contributed by atoms with van der Waals surface area (Å²) in [6, 6.07) is 11.4. The summed E-state index contributed by atoms with van der Waals surface area (Å²) in [7, 11) is 0. The van der Waals surface area contributed by atoms with E-state index in [2.05, 4.69) is 6.58 Å². The predicted molar refractivity (Wildman–Crippen MR) is 50.9 cm³/mol. The second kappa shape index (κ2) is 4.44. The van der Waals surface area contributed by atoms with Gasteiger partial charge in [-0.2, -0.15) is 5.26 Å². The van der Waals surface area contributed by atoms with Gasteiger partial charge in [-0.15, -0.1) is 0 Å². The van der Waals surface area contributed by atoms with E-state index >= 15 is 0 Å². The fourth-order valence-electron chi connectivity index (χ4n) is 1.04. The summed E-state index contributed by atoms with van der Waals surface area (Å²) in [6.45, 7) is 3.46. The molecule has 0 aliphatic heterocycles. The molecule has 0 bridgehead atoms. The van der Waals surface area contributed by atoms with Crippen molar-refractivity contribution < 1.29 is 5.11 Å². The molecular weight excluding hydrogens is 162 g/mol. The van der Waals surface area contributed by atoms with Crippen LogP contribution in [0, 0.1) is 11.3 Å². The molecule has 1 atom stereocenters. The van der Waals surface area contributed by atoms with Gasteiger partial charge >= 0.3 is 0 Å². The molecule has 0 radical (unpaired) electrons. The quantitative estimate of drug-likeness (QED) is 0.706. The minimum Gasteiger partial charge on any atom is -0.387 e. The largest absolute Gasteiger partial charge is 0.387 e. The van der Waals surface area contributed by atoms with Crippen molar-refractivity contribution in [3.8, 4) is 6.07 Å². The zero-order valence-corrected chi connectivity index (χ0v) is 7.27. The van der Waals surface area contributed by atoms with Crippen molar-refractivity contribution >= 4 is 0 Å². The monoisotopic (exact) mass is 173 g/mol. The molecule has 0 amide bonds. The summed E-state index contributed by atoms with van der Waals surface area (Å²) < 4.78 is 0. The minimum absolute atomic E-state index is 0.212. The van der Waals surface area contributed by atoms with Crippen molar-refractivity contribution in [2.75, 3.05) is 0 Å². The van der Waals surface area contributed by atoms with E-state index in [-0.39, 0.29) is 5.57 Å². The van der Waals surface area contributed by atoms with E-state index in [4.69, 9.17) is 5.26 Å². The van der Waals surface area contributed by atoms with Crippen LogP contribution in [0.5, 0.6) is 0 Å². The summed E-state index contributed by atoms with van der Waals surface area (Å²) in [6.07, 6.45) is -0.305. The van der Waals surface area contributed by atoms with Gasteiger partial charge in [-0.3, -0.25) is 0 Å². The number of nitrogens with zero attached hydrogens (tertiary/aromatic N) is 1. The predicted octanol–water partition coefficient (Wildman–Crippen LogP) is 1.67. The lowest BCUT2D eigenvalue weighted by atomic mass is 10.0. The molecule has 13 heavy (non-hydrogen) atoms. The second-order valence-electron chi connectivity index (χ2n) is 2.84. The molecule has 1 rings (SSSR count). The van der Waals surface area contributed by atoms with Crippen molar-refractivity contribution in [1.29, 1.82) is 5.26 Å². The Morgan fingerprint density at radius 2 is 2.08 bits per heavy atom. The molecule has 1 unspecified atom stereocenters. The van der Waals surface area contributed by atoms with Gasteiger partial charge in [0.1, 0.15) is 0 Å². The van der Waals surface area contributed by atoms with Gasteiger partial charge in [-0.05, 0) is 5.56 Å². The Morgan fingerprint density at radius 3 is 2.62 bits per heavy atom. The van der Waals surface area contributed by atoms with Crippen LogP contribution < -0.4 is 0 Å². The maximum absolute atomic E-state index is 9.45. The van der Waals surface area contributed by atoms with E-state index in [1.807, 2.05) is 36.4 Å². The van der Waals surface area contributed by atoms with Crippen LogP contribution in [0.2, 0.25) is 0 Å². The molecule has 0 aromatic heterocycles. The first-order chi connectivity index (χ1) is 6.24. The molecule has 2 nitrogen and oxygen atoms in total. The van der Waals surface area contributed by atoms with Gasteiger partial charge in [0.2, 0.25) is 0 Å². The third-order valence-electron chi connectivity index (χ3n) is 1.82. The summed E-state index contributed by atoms with van der Waals surface area (Å²) in [5.74, 6) is 0. The van der Waals surface area contributed by atoms with Crippen LogP contribution in [0.15, 0.2) is 42.5 Å². The smallest absolute Gasteiger partial charge is 0.0968 e. The molecule has 0 saturated heterocycles. The first kappa shape index (κ1) is 9.50. The molecule has 0 aliphatic carbocycles. The summed E-state index contributed by atoms with van der Waals surface area (Å²) in [5.41, 5.74) is 1.22. The lowest BCUT2D eigenvalue weighted by molar-refractivity contribution is 0.216. The topological polar surface area (TPSA) is 44.0 Å². The lowest BCUT2D eigenvalue weighted by Gasteiger charge is -2.07. The van der Waals surface area contributed by atoms with Crippen molar-refractivity contribution in [2.45, 2.75) is 12.5 Å². The third-order valence-corrected chi connectivity index (χ3v) is 1.82. The zero-order valence-electron chi connectivity index (χ0n) is 7.27. The van der Waals surface area contributed by atoms with Crippen molar-refractivity contribution in [3.05, 3.63) is 48.0 Å². The summed E-state index contributed by atoms with van der Waals surface area (Å²) in [4.78, 5) is 0. The Morgan fingerprint density at radius 1 is 1.46 bits per heavy atom. The van der Waals surface area contributed by atoms with Crippen LogP contribution in [0.4, 0.5) is 0 Å². The third kappa shape index (κ3) is 2.73. The van der Waals surface area contributed by atoms with E-state index in [9.17, 15) is 5.11 Å². The Labute approximate surface area is 77.8 Å². The molecule has 0 fully saturated rings. The molecule has 2 heteroatoms. The molecular formula is C11H11NO. The Hall–Kier alpha value is -1.59. The van der Waals surface area contributed by atoms with Crippen LogP contribution in [-0.4, -0.2) is 11.2 Å². The van der Waals surface area contributed by atoms with Gasteiger partial charge in [0.05, 0.1) is 17.7 Å². The zero-order chi connectivity index (χ0) is 9.68. The number of hydrogen-bond acceptors (Lipinski definition) is 2. The summed E-state index contributed by atoms with van der Waals surface area (Å²) in [5, 5.41) is 17.9. The van der Waals surface area contributed by atoms with Gasteiger partial charge in [-0.25, -0.2) is 0 Å². The van der Waals surface area contributed by atoms with Gasteiger partial charge < -0.3 is 5.11 Å². The molecule has 66 valence electrons. The molecule has 0 saturated carbocycles. The molecule has 0 aliphatic rings. The molecule has 0 heterocycles. The van der Waals surface area contributed by atoms with Crippen molar-refractivity contribution in [3.63, 3.8) is 0 Å². The average molecular weight is 173 g/mol. The Balaban J connectivity index is 2.61. The minimum atomic E-state index is -0.757. The maximum Gasteiger partial charge on any atom is 0.0968 e. The van der Waals surface area contributed by atoms with Crippen molar-refractivity contribution in [1.82, 2.24) is 0 Å². The second-order valence-corrected chi connectivity index (χ2v) is 2.84. The number of benzene rings is 1. The van der Waals surface area contributed by atoms with Crippen LogP contribution in [0.25, 0.3) is 0 Å². The standard InChI is InChI=1S/C11H11NO/c1-9(8-12)11(13)7-10-5-3-2-4-6-10/h2-6,11,13H,1,7H2. The summed E-state index contributed by atoms with van der Waals surface area (Å²) >= 11 is 0. The van der Waals surface area contributed by atoms with Crippen LogP contribution >= 0.6 is 0 Å². The van der Waals surface area contributed by atoms with Crippen molar-refractivity contribution in [2.24, 2.45) is 0 Å². The van der Waals surface area contributed by atoms with E-state index < -0.39 is 6.10 Å².